The zero-order valence-electron chi connectivity index (χ0n) is 11.6. The number of anilines is 2. The van der Waals surface area contributed by atoms with Crippen molar-refractivity contribution in [2.75, 3.05) is 24.2 Å². The maximum absolute atomic E-state index is 11.9. The summed E-state index contributed by atoms with van der Waals surface area (Å²) in [6, 6.07) is 5.82. The zero-order valence-corrected chi connectivity index (χ0v) is 12.3. The first kappa shape index (κ1) is 14.7. The van der Waals surface area contributed by atoms with Crippen LogP contribution in [0.4, 0.5) is 11.4 Å². The maximum Gasteiger partial charge on any atom is 0.244 e. The number of nitrogens with zero attached hydrogens (tertiary/aromatic N) is 1. The summed E-state index contributed by atoms with van der Waals surface area (Å²) in [7, 11) is 1.59. The lowest BCUT2D eigenvalue weighted by Gasteiger charge is -2.16. The van der Waals surface area contributed by atoms with E-state index >= 15 is 0 Å². The number of carbonyl (C=O) groups excluding carboxylic acids is 2. The molecule has 0 heterocycles. The highest BCUT2D eigenvalue weighted by Crippen LogP contribution is 2.31. The van der Waals surface area contributed by atoms with Crippen LogP contribution >= 0.6 is 11.6 Å². The van der Waals surface area contributed by atoms with E-state index in [9.17, 15) is 9.59 Å². The third kappa shape index (κ3) is 4.13. The van der Waals surface area contributed by atoms with Gasteiger partial charge >= 0.3 is 0 Å². The summed E-state index contributed by atoms with van der Waals surface area (Å²) >= 11 is 5.97. The second kappa shape index (κ2) is 6.13. The maximum atomic E-state index is 11.9. The fraction of sp³-hybridized carbons (Fsp3) is 0.429. The molecule has 6 heteroatoms. The van der Waals surface area contributed by atoms with Gasteiger partial charge in [0.05, 0.1) is 17.9 Å². The number of halogens is 1. The smallest absolute Gasteiger partial charge is 0.244 e. The summed E-state index contributed by atoms with van der Waals surface area (Å²) in [4.78, 5) is 24.4. The highest BCUT2D eigenvalue weighted by atomic mass is 35.5. The Labute approximate surface area is 123 Å². The van der Waals surface area contributed by atoms with Crippen LogP contribution in [0.1, 0.15) is 19.8 Å². The van der Waals surface area contributed by atoms with E-state index in [1.807, 2.05) is 6.07 Å². The molecule has 5 nitrogen and oxygen atoms in total. The number of nitrogens with one attached hydrogen (secondary N) is 2. The van der Waals surface area contributed by atoms with Crippen molar-refractivity contribution in [3.05, 3.63) is 23.2 Å². The van der Waals surface area contributed by atoms with Gasteiger partial charge in [0, 0.05) is 25.0 Å². The number of likely N-dealkylation sites (N-methyl/N-ethyl adjacent to an activating group) is 1. The second-order valence-corrected chi connectivity index (χ2v) is 5.47. The highest BCUT2D eigenvalue weighted by molar-refractivity contribution is 6.31. The third-order valence-corrected chi connectivity index (χ3v) is 3.35. The molecule has 0 radical (unpaired) electrons. The molecule has 0 saturated heterocycles. The van der Waals surface area contributed by atoms with Gasteiger partial charge in [-0.1, -0.05) is 11.6 Å². The van der Waals surface area contributed by atoms with E-state index in [2.05, 4.69) is 10.6 Å². The van der Waals surface area contributed by atoms with Gasteiger partial charge in [-0.2, -0.15) is 0 Å². The standard InChI is InChI=1S/C14H18ClN3O2/c1-9(19)18(2)8-14(20)17-13-7-10(15)3-6-12(13)16-11-4-5-11/h3,6-7,11,16H,4-5,8H2,1-2H3,(H,17,20). The van der Waals surface area contributed by atoms with E-state index in [1.165, 1.54) is 11.8 Å². The van der Waals surface area contributed by atoms with Crippen LogP contribution < -0.4 is 10.6 Å². The summed E-state index contributed by atoms with van der Waals surface area (Å²) in [6.45, 7) is 1.44. The molecule has 0 aromatic heterocycles. The topological polar surface area (TPSA) is 61.4 Å². The third-order valence-electron chi connectivity index (χ3n) is 3.11. The first-order chi connectivity index (χ1) is 9.45. The lowest BCUT2D eigenvalue weighted by molar-refractivity contribution is -0.131. The summed E-state index contributed by atoms with van der Waals surface area (Å²) in [6.07, 6.45) is 2.28. The molecule has 0 bridgehead atoms. The summed E-state index contributed by atoms with van der Waals surface area (Å²) < 4.78 is 0. The van der Waals surface area contributed by atoms with Crippen LogP contribution in [-0.2, 0) is 9.59 Å². The van der Waals surface area contributed by atoms with Crippen molar-refractivity contribution >= 4 is 34.8 Å². The lowest BCUT2D eigenvalue weighted by Crippen LogP contribution is -2.33. The summed E-state index contributed by atoms with van der Waals surface area (Å²) in [5.41, 5.74) is 1.50. The van der Waals surface area contributed by atoms with Crippen molar-refractivity contribution in [1.82, 2.24) is 4.90 Å². The van der Waals surface area contributed by atoms with Crippen LogP contribution in [0.15, 0.2) is 18.2 Å². The summed E-state index contributed by atoms with van der Waals surface area (Å²) in [5.74, 6) is -0.397. The Morgan fingerprint density at radius 2 is 2.05 bits per heavy atom. The Hall–Kier alpha value is -1.75. The van der Waals surface area contributed by atoms with Gasteiger partial charge in [0.1, 0.15) is 0 Å². The molecule has 0 aliphatic heterocycles. The van der Waals surface area contributed by atoms with Gasteiger partial charge < -0.3 is 15.5 Å². The van der Waals surface area contributed by atoms with E-state index in [4.69, 9.17) is 11.6 Å². The van der Waals surface area contributed by atoms with Gasteiger partial charge in [0.25, 0.3) is 0 Å². The predicted molar refractivity (Wildman–Crippen MR) is 80.0 cm³/mol. The van der Waals surface area contributed by atoms with Gasteiger partial charge in [-0.05, 0) is 31.0 Å². The van der Waals surface area contributed by atoms with Crippen molar-refractivity contribution < 1.29 is 9.59 Å². The highest BCUT2D eigenvalue weighted by Gasteiger charge is 2.22. The first-order valence-corrected chi connectivity index (χ1v) is 6.91. The second-order valence-electron chi connectivity index (χ2n) is 5.03. The van der Waals surface area contributed by atoms with Gasteiger partial charge in [-0.3, -0.25) is 9.59 Å². The van der Waals surface area contributed by atoms with E-state index < -0.39 is 0 Å². The number of rotatable bonds is 5. The van der Waals surface area contributed by atoms with Crippen LogP contribution in [0.2, 0.25) is 5.02 Å². The fourth-order valence-corrected chi connectivity index (χ4v) is 1.88. The number of hydrogen-bond acceptors (Lipinski definition) is 3. The van der Waals surface area contributed by atoms with Crippen molar-refractivity contribution in [3.63, 3.8) is 0 Å². The molecular weight excluding hydrogens is 278 g/mol. The van der Waals surface area contributed by atoms with Gasteiger partial charge in [-0.15, -0.1) is 0 Å². The zero-order chi connectivity index (χ0) is 14.7. The van der Waals surface area contributed by atoms with Gasteiger partial charge in [-0.25, -0.2) is 0 Å². The minimum absolute atomic E-state index is 0.0186. The molecule has 1 saturated carbocycles. The molecule has 1 aromatic rings. The summed E-state index contributed by atoms with van der Waals surface area (Å²) in [5, 5.41) is 6.69. The first-order valence-electron chi connectivity index (χ1n) is 6.53. The minimum atomic E-state index is -0.246. The van der Waals surface area contributed by atoms with Crippen molar-refractivity contribution in [3.8, 4) is 0 Å². The molecule has 20 heavy (non-hydrogen) atoms. The number of amides is 2. The van der Waals surface area contributed by atoms with Gasteiger partial charge in [0.15, 0.2) is 0 Å². The average Bonchev–Trinajstić information content (AvgIpc) is 3.16. The minimum Gasteiger partial charge on any atom is -0.381 e. The quantitative estimate of drug-likeness (QED) is 0.876. The van der Waals surface area contributed by atoms with Crippen LogP contribution in [0.25, 0.3) is 0 Å². The van der Waals surface area contributed by atoms with Crippen molar-refractivity contribution in [2.45, 2.75) is 25.8 Å². The lowest BCUT2D eigenvalue weighted by atomic mass is 10.2. The molecule has 108 valence electrons. The molecule has 0 atom stereocenters. The Bertz CT molecular complexity index is 529. The van der Waals surface area contributed by atoms with Crippen molar-refractivity contribution in [2.24, 2.45) is 0 Å². The predicted octanol–water partition coefficient (Wildman–Crippen LogP) is 2.33. The van der Waals surface area contributed by atoms with Gasteiger partial charge in [0.2, 0.25) is 11.8 Å². The van der Waals surface area contributed by atoms with Crippen LogP contribution in [-0.4, -0.2) is 36.3 Å². The normalized spacial score (nSPS) is 13.8. The fourth-order valence-electron chi connectivity index (χ4n) is 1.71. The number of hydrogen-bond donors (Lipinski definition) is 2. The molecule has 1 fully saturated rings. The van der Waals surface area contributed by atoms with E-state index in [-0.39, 0.29) is 18.4 Å². The largest absolute Gasteiger partial charge is 0.381 e. The van der Waals surface area contributed by atoms with Crippen LogP contribution in [0, 0.1) is 0 Å². The molecule has 0 spiro atoms. The van der Waals surface area contributed by atoms with E-state index in [0.717, 1.165) is 18.5 Å². The Balaban J connectivity index is 2.04. The Morgan fingerprint density at radius 1 is 1.35 bits per heavy atom. The van der Waals surface area contributed by atoms with Crippen molar-refractivity contribution in [1.29, 1.82) is 0 Å². The molecule has 0 unspecified atom stereocenters. The average molecular weight is 296 g/mol. The van der Waals surface area contributed by atoms with Crippen LogP contribution in [0.3, 0.4) is 0 Å². The molecule has 1 aliphatic carbocycles. The van der Waals surface area contributed by atoms with Crippen LogP contribution in [0.5, 0.6) is 0 Å². The Kier molecular flexibility index (Phi) is 4.49. The number of carbonyl (C=O) groups is 2. The molecule has 2 N–H and O–H groups in total. The SMILES string of the molecule is CC(=O)N(C)CC(=O)Nc1cc(Cl)ccc1NC1CC1. The molecule has 1 aromatic carbocycles. The molecule has 1 aliphatic rings. The Morgan fingerprint density at radius 3 is 2.65 bits per heavy atom. The van der Waals surface area contributed by atoms with E-state index in [1.54, 1.807) is 19.2 Å². The van der Waals surface area contributed by atoms with E-state index in [0.29, 0.717) is 16.8 Å². The number of benzene rings is 1. The monoisotopic (exact) mass is 295 g/mol. The molecule has 2 amide bonds. The molecular formula is C14H18ClN3O2. The molecule has 2 rings (SSSR count).